The van der Waals surface area contributed by atoms with Crippen molar-refractivity contribution >= 4 is 10.2 Å². The van der Waals surface area contributed by atoms with Crippen LogP contribution in [-0.4, -0.2) is 54.4 Å². The molecule has 0 bridgehead atoms. The van der Waals surface area contributed by atoms with Gasteiger partial charge in [0, 0.05) is 26.2 Å². The number of hydrogen-bond acceptors (Lipinski definition) is 3. The van der Waals surface area contributed by atoms with Crippen LogP contribution in [0.1, 0.15) is 13.8 Å². The Balaban J connectivity index is 2.65. The van der Waals surface area contributed by atoms with Crippen molar-refractivity contribution < 1.29 is 13.5 Å². The van der Waals surface area contributed by atoms with Crippen LogP contribution >= 0.6 is 0 Å². The zero-order chi connectivity index (χ0) is 10.1. The summed E-state index contributed by atoms with van der Waals surface area (Å²) in [6.45, 7) is 5.03. The van der Waals surface area contributed by atoms with E-state index in [0.29, 0.717) is 13.1 Å². The summed E-state index contributed by atoms with van der Waals surface area (Å²) in [4.78, 5) is 0. The molecule has 1 fully saturated rings. The normalized spacial score (nSPS) is 20.6. The van der Waals surface area contributed by atoms with Gasteiger partial charge in [0.2, 0.25) is 0 Å². The molecule has 0 saturated carbocycles. The van der Waals surface area contributed by atoms with Crippen LogP contribution in [0.3, 0.4) is 0 Å². The van der Waals surface area contributed by atoms with E-state index in [1.165, 1.54) is 8.61 Å². The zero-order valence-electron chi connectivity index (χ0n) is 7.97. The van der Waals surface area contributed by atoms with E-state index in [2.05, 4.69) is 0 Å². The molecule has 1 aliphatic rings. The maximum Gasteiger partial charge on any atom is 0.282 e. The van der Waals surface area contributed by atoms with Gasteiger partial charge < -0.3 is 5.11 Å². The minimum Gasteiger partial charge on any atom is -0.390 e. The van der Waals surface area contributed by atoms with Crippen LogP contribution in [0.2, 0.25) is 0 Å². The van der Waals surface area contributed by atoms with E-state index >= 15 is 0 Å². The van der Waals surface area contributed by atoms with Crippen LogP contribution in [0, 0.1) is 0 Å². The number of β-amino-alcohol motifs (C(OH)–C–C–N with tert-alkyl or cyclic N) is 1. The predicted octanol–water partition coefficient (Wildman–Crippen LogP) is -0.750. The Morgan fingerprint density at radius 3 is 2.15 bits per heavy atom. The third-order valence-corrected chi connectivity index (χ3v) is 4.31. The van der Waals surface area contributed by atoms with Gasteiger partial charge in [-0.2, -0.15) is 17.0 Å². The van der Waals surface area contributed by atoms with Crippen molar-refractivity contribution in [3.05, 3.63) is 0 Å². The first-order valence-electron chi connectivity index (χ1n) is 4.45. The second-order valence-corrected chi connectivity index (χ2v) is 4.99. The number of nitrogens with zero attached hydrogens (tertiary/aromatic N) is 2. The lowest BCUT2D eigenvalue weighted by Gasteiger charge is -2.37. The number of aliphatic hydroxyl groups is 1. The first-order valence-corrected chi connectivity index (χ1v) is 5.85. The summed E-state index contributed by atoms with van der Waals surface area (Å²) in [5, 5.41) is 8.98. The van der Waals surface area contributed by atoms with Gasteiger partial charge in [0.05, 0.1) is 6.10 Å². The summed E-state index contributed by atoms with van der Waals surface area (Å²) in [6, 6.07) is 0. The lowest BCUT2D eigenvalue weighted by molar-refractivity contribution is 0.0507. The molecule has 78 valence electrons. The van der Waals surface area contributed by atoms with Crippen molar-refractivity contribution in [2.45, 2.75) is 20.0 Å². The fraction of sp³-hybridized carbons (Fsp3) is 1.00. The van der Waals surface area contributed by atoms with Gasteiger partial charge in [0.1, 0.15) is 0 Å². The molecule has 0 aliphatic carbocycles. The van der Waals surface area contributed by atoms with Gasteiger partial charge in [0.25, 0.3) is 10.2 Å². The third kappa shape index (κ3) is 2.01. The maximum atomic E-state index is 11.7. The van der Waals surface area contributed by atoms with Gasteiger partial charge in [0.15, 0.2) is 0 Å². The van der Waals surface area contributed by atoms with Crippen LogP contribution in [-0.2, 0) is 10.2 Å². The fourth-order valence-electron chi connectivity index (χ4n) is 1.32. The van der Waals surface area contributed by atoms with Crippen LogP contribution in [0.25, 0.3) is 0 Å². The van der Waals surface area contributed by atoms with Gasteiger partial charge in [-0.1, -0.05) is 13.8 Å². The molecule has 5 nitrogen and oxygen atoms in total. The molecule has 0 aromatic carbocycles. The molecule has 1 N–H and O–H groups in total. The molecular weight excluding hydrogens is 192 g/mol. The summed E-state index contributed by atoms with van der Waals surface area (Å²) < 4.78 is 26.0. The molecule has 6 heteroatoms. The highest BCUT2D eigenvalue weighted by Crippen LogP contribution is 2.16. The summed E-state index contributed by atoms with van der Waals surface area (Å²) in [6.07, 6.45) is -0.481. The SMILES string of the molecule is CCN(CC)S(=O)(=O)N1CC(O)C1. The van der Waals surface area contributed by atoms with Gasteiger partial charge >= 0.3 is 0 Å². The van der Waals surface area contributed by atoms with Crippen LogP contribution < -0.4 is 0 Å². The quantitative estimate of drug-likeness (QED) is 0.661. The molecule has 1 saturated heterocycles. The molecule has 1 rings (SSSR count). The Hall–Kier alpha value is -0.170. The van der Waals surface area contributed by atoms with Crippen molar-refractivity contribution in [1.82, 2.24) is 8.61 Å². The summed E-state index contributed by atoms with van der Waals surface area (Å²) in [7, 11) is -3.29. The lowest BCUT2D eigenvalue weighted by atomic mass is 10.2. The standard InChI is InChI=1S/C7H16N2O3S/c1-3-8(4-2)13(11,12)9-5-7(10)6-9/h7,10H,3-6H2,1-2H3. The summed E-state index contributed by atoms with van der Waals surface area (Å²) in [5.41, 5.74) is 0. The molecule has 13 heavy (non-hydrogen) atoms. The second-order valence-electron chi connectivity index (χ2n) is 3.06. The monoisotopic (exact) mass is 208 g/mol. The Morgan fingerprint density at radius 2 is 1.85 bits per heavy atom. The third-order valence-electron chi connectivity index (χ3n) is 2.19. The maximum absolute atomic E-state index is 11.7. The highest BCUT2D eigenvalue weighted by molar-refractivity contribution is 7.86. The number of aliphatic hydroxyl groups excluding tert-OH is 1. The molecular formula is C7H16N2O3S. The Bertz CT molecular complexity index is 255. The average Bonchev–Trinajstić information content (AvgIpc) is 2.00. The Kier molecular flexibility index (Phi) is 3.28. The molecule has 1 aliphatic heterocycles. The van der Waals surface area contributed by atoms with Gasteiger partial charge in [-0.3, -0.25) is 0 Å². The van der Waals surface area contributed by atoms with Crippen LogP contribution in [0.4, 0.5) is 0 Å². The van der Waals surface area contributed by atoms with Crippen LogP contribution in [0.15, 0.2) is 0 Å². The molecule has 1 heterocycles. The second kappa shape index (κ2) is 3.91. The van der Waals surface area contributed by atoms with Gasteiger partial charge in [-0.15, -0.1) is 0 Å². The van der Waals surface area contributed by atoms with E-state index in [4.69, 9.17) is 5.11 Å². The minimum absolute atomic E-state index is 0.235. The Labute approximate surface area is 79.1 Å². The zero-order valence-corrected chi connectivity index (χ0v) is 8.79. The largest absolute Gasteiger partial charge is 0.390 e. The predicted molar refractivity (Wildman–Crippen MR) is 49.4 cm³/mol. The average molecular weight is 208 g/mol. The number of rotatable bonds is 4. The van der Waals surface area contributed by atoms with Crippen molar-refractivity contribution in [3.63, 3.8) is 0 Å². The van der Waals surface area contributed by atoms with E-state index in [9.17, 15) is 8.42 Å². The van der Waals surface area contributed by atoms with E-state index < -0.39 is 16.3 Å². The van der Waals surface area contributed by atoms with Crippen LogP contribution in [0.5, 0.6) is 0 Å². The van der Waals surface area contributed by atoms with E-state index in [-0.39, 0.29) is 13.1 Å². The van der Waals surface area contributed by atoms with Crippen molar-refractivity contribution in [2.24, 2.45) is 0 Å². The summed E-state index contributed by atoms with van der Waals surface area (Å²) >= 11 is 0. The van der Waals surface area contributed by atoms with E-state index in [1.807, 2.05) is 0 Å². The highest BCUT2D eigenvalue weighted by atomic mass is 32.2. The molecule has 0 radical (unpaired) electrons. The molecule has 0 amide bonds. The van der Waals surface area contributed by atoms with Gasteiger partial charge in [-0.05, 0) is 0 Å². The van der Waals surface area contributed by atoms with Crippen molar-refractivity contribution in [1.29, 1.82) is 0 Å². The molecule has 0 atom stereocenters. The number of hydrogen-bond donors (Lipinski definition) is 1. The van der Waals surface area contributed by atoms with E-state index in [1.54, 1.807) is 13.8 Å². The van der Waals surface area contributed by atoms with Gasteiger partial charge in [-0.25, -0.2) is 0 Å². The topological polar surface area (TPSA) is 60.9 Å². The Morgan fingerprint density at radius 1 is 1.38 bits per heavy atom. The summed E-state index contributed by atoms with van der Waals surface area (Å²) in [5.74, 6) is 0. The first-order chi connectivity index (χ1) is 6.02. The minimum atomic E-state index is -3.29. The van der Waals surface area contributed by atoms with Crippen molar-refractivity contribution in [2.75, 3.05) is 26.2 Å². The fourth-order valence-corrected chi connectivity index (χ4v) is 3.02. The molecule has 0 aromatic heterocycles. The molecule has 0 unspecified atom stereocenters. The highest BCUT2D eigenvalue weighted by Gasteiger charge is 2.37. The lowest BCUT2D eigenvalue weighted by Crippen LogP contribution is -2.57. The first kappa shape index (κ1) is 10.9. The molecule has 0 spiro atoms. The van der Waals surface area contributed by atoms with Crippen molar-refractivity contribution in [3.8, 4) is 0 Å². The smallest absolute Gasteiger partial charge is 0.282 e. The van der Waals surface area contributed by atoms with E-state index in [0.717, 1.165) is 0 Å². The molecule has 0 aromatic rings.